The Morgan fingerprint density at radius 1 is 0.754 bits per heavy atom. The Hall–Kier alpha value is -5.40. The number of nitrogens with one attached hydrogen (secondary N) is 1. The summed E-state index contributed by atoms with van der Waals surface area (Å²) in [5, 5.41) is 33.3. The number of rotatable bonds is 11. The second kappa shape index (κ2) is 17.8. The minimum atomic E-state index is 0.0188. The van der Waals surface area contributed by atoms with E-state index in [1.54, 1.807) is 22.7 Å². The van der Waals surface area contributed by atoms with Crippen molar-refractivity contribution in [3.63, 3.8) is 0 Å². The van der Waals surface area contributed by atoms with Crippen LogP contribution in [0.3, 0.4) is 0 Å². The number of ether oxygens (including phenoxy) is 2. The molecule has 0 saturated heterocycles. The predicted molar refractivity (Wildman–Crippen MR) is 228 cm³/mol. The number of benzene rings is 4. The second-order valence-electron chi connectivity index (χ2n) is 14.7. The smallest absolute Gasteiger partial charge is 0.137 e. The minimum absolute atomic E-state index is 0.0188. The highest BCUT2D eigenvalue weighted by Gasteiger charge is 2.26. The van der Waals surface area contributed by atoms with Gasteiger partial charge in [0.15, 0.2) is 0 Å². The van der Waals surface area contributed by atoms with Crippen molar-refractivity contribution >= 4 is 22.7 Å². The van der Waals surface area contributed by atoms with E-state index < -0.39 is 0 Å². The van der Waals surface area contributed by atoms with E-state index in [2.05, 4.69) is 63.8 Å². The topological polar surface area (TPSA) is 150 Å². The fraction of sp³-hybridized carbons (Fsp3) is 0.304. The standard InChI is InChI=1S/C24H25N3O2S.C22H21N3OS/c1-15(2)29-22-9-6-16(12-17(22)13-25)24-27-14-23(30-24)20-5-3-4-19-18(20)7-8-21(19)26-10-11-28;1-13(2)26-20-9-6-14(10-15(20)11-23)22-25-12-21(27-22)18-5-3-4-17-16(18)7-8-19(17)24/h3-6,9,12,14-15,21,26,28H,7-8,10-11H2,1-2H3;3-6,9-10,12-13,19H,7-8,24H2,1-2H3/t21-;19-/m00/s1. The van der Waals surface area contributed by atoms with Gasteiger partial charge in [0.1, 0.15) is 33.7 Å². The Balaban J connectivity index is 0.000000175. The van der Waals surface area contributed by atoms with Gasteiger partial charge in [-0.15, -0.1) is 22.7 Å². The average Bonchev–Trinajstić information content (AvgIpc) is 4.05. The average molecular weight is 795 g/mol. The normalized spacial score (nSPS) is 15.4. The minimum Gasteiger partial charge on any atom is -0.490 e. The SMILES string of the molecule is CC(C)Oc1ccc(-c2ncc(-c3cccc4c3CC[C@@H]4N)s2)cc1C#N.CC(C)Oc1ccc(-c2ncc(-c3cccc4c3CC[C@@H]4NCCO)s2)cc1C#N. The highest BCUT2D eigenvalue weighted by Crippen LogP contribution is 2.42. The fourth-order valence-electron chi connectivity index (χ4n) is 7.53. The number of hydrogen-bond acceptors (Lipinski definition) is 11. The molecule has 290 valence electrons. The van der Waals surface area contributed by atoms with Crippen molar-refractivity contribution in [2.45, 2.75) is 77.7 Å². The number of fused-ring (bicyclic) bond motifs is 2. The monoisotopic (exact) mass is 794 g/mol. The first-order valence-electron chi connectivity index (χ1n) is 19.4. The molecule has 2 aliphatic rings. The Labute approximate surface area is 342 Å². The van der Waals surface area contributed by atoms with Crippen molar-refractivity contribution in [1.82, 2.24) is 15.3 Å². The van der Waals surface area contributed by atoms with Crippen molar-refractivity contribution in [2.75, 3.05) is 13.2 Å². The van der Waals surface area contributed by atoms with E-state index >= 15 is 0 Å². The maximum absolute atomic E-state index is 9.51. The molecule has 6 aromatic rings. The van der Waals surface area contributed by atoms with E-state index in [0.29, 0.717) is 35.2 Å². The molecule has 8 rings (SSSR count). The van der Waals surface area contributed by atoms with Gasteiger partial charge < -0.3 is 25.6 Å². The summed E-state index contributed by atoms with van der Waals surface area (Å²) in [6, 6.07) is 29.0. The van der Waals surface area contributed by atoms with Crippen LogP contribution in [0.2, 0.25) is 0 Å². The van der Waals surface area contributed by atoms with Gasteiger partial charge in [-0.1, -0.05) is 36.4 Å². The molecular formula is C46H46N6O3S2. The zero-order valence-corrected chi connectivity index (χ0v) is 34.2. The number of nitrogens with zero attached hydrogens (tertiary/aromatic N) is 4. The molecule has 57 heavy (non-hydrogen) atoms. The van der Waals surface area contributed by atoms with Gasteiger partial charge in [0.05, 0.1) is 39.7 Å². The van der Waals surface area contributed by atoms with Crippen LogP contribution in [0.15, 0.2) is 85.2 Å². The first-order chi connectivity index (χ1) is 27.7. The summed E-state index contributed by atoms with van der Waals surface area (Å²) in [4.78, 5) is 11.5. The van der Waals surface area contributed by atoms with Crippen molar-refractivity contribution in [3.8, 4) is 65.7 Å². The maximum atomic E-state index is 9.51. The summed E-state index contributed by atoms with van der Waals surface area (Å²) in [6.07, 6.45) is 7.97. The first kappa shape index (κ1) is 39.8. The molecule has 0 bridgehead atoms. The molecule has 0 fully saturated rings. The highest BCUT2D eigenvalue weighted by molar-refractivity contribution is 7.18. The Bertz CT molecular complexity index is 2460. The lowest BCUT2D eigenvalue weighted by Crippen LogP contribution is -2.22. The van der Waals surface area contributed by atoms with Crippen LogP contribution in [0.4, 0.5) is 0 Å². The lowest BCUT2D eigenvalue weighted by atomic mass is 10.0. The third-order valence-electron chi connectivity index (χ3n) is 10.1. The molecule has 0 spiro atoms. The molecule has 2 aromatic heterocycles. The van der Waals surface area contributed by atoms with Gasteiger partial charge in [-0.25, -0.2) is 9.97 Å². The molecule has 11 heteroatoms. The van der Waals surface area contributed by atoms with Crippen molar-refractivity contribution < 1.29 is 14.6 Å². The lowest BCUT2D eigenvalue weighted by Gasteiger charge is -2.13. The largest absolute Gasteiger partial charge is 0.490 e. The quantitative estimate of drug-likeness (QED) is 0.116. The third kappa shape index (κ3) is 8.79. The zero-order valence-electron chi connectivity index (χ0n) is 32.6. The molecule has 2 atom stereocenters. The van der Waals surface area contributed by atoms with Crippen LogP contribution < -0.4 is 20.5 Å². The van der Waals surface area contributed by atoms with Crippen molar-refractivity contribution in [3.05, 3.63) is 119 Å². The molecule has 0 unspecified atom stereocenters. The van der Waals surface area contributed by atoms with Crippen molar-refractivity contribution in [2.24, 2.45) is 5.73 Å². The molecule has 2 heterocycles. The highest BCUT2D eigenvalue weighted by atomic mass is 32.1. The number of thiazole rings is 2. The van der Waals surface area contributed by atoms with E-state index in [1.165, 1.54) is 33.4 Å². The van der Waals surface area contributed by atoms with Crippen LogP contribution in [0.5, 0.6) is 11.5 Å². The summed E-state index contributed by atoms with van der Waals surface area (Å²) >= 11 is 3.28. The van der Waals surface area contributed by atoms with Gasteiger partial charge in [-0.05, 0) is 123 Å². The Kier molecular flexibility index (Phi) is 12.4. The van der Waals surface area contributed by atoms with E-state index in [4.69, 9.17) is 20.3 Å². The molecule has 2 aliphatic carbocycles. The number of nitriles is 2. The number of hydrogen-bond donors (Lipinski definition) is 3. The van der Waals surface area contributed by atoms with Crippen LogP contribution >= 0.6 is 22.7 Å². The summed E-state index contributed by atoms with van der Waals surface area (Å²) in [5.41, 5.74) is 16.9. The summed E-state index contributed by atoms with van der Waals surface area (Å²) in [5.74, 6) is 1.22. The summed E-state index contributed by atoms with van der Waals surface area (Å²) in [7, 11) is 0. The predicted octanol–water partition coefficient (Wildman–Crippen LogP) is 9.79. The molecule has 4 N–H and O–H groups in total. The van der Waals surface area contributed by atoms with Gasteiger partial charge in [-0.3, -0.25) is 0 Å². The Morgan fingerprint density at radius 2 is 1.26 bits per heavy atom. The van der Waals surface area contributed by atoms with Crippen LogP contribution in [-0.4, -0.2) is 40.4 Å². The number of aliphatic hydroxyl groups is 1. The van der Waals surface area contributed by atoms with Gasteiger partial charge >= 0.3 is 0 Å². The van der Waals surface area contributed by atoms with E-state index in [-0.39, 0.29) is 24.9 Å². The van der Waals surface area contributed by atoms with Gasteiger partial charge in [-0.2, -0.15) is 10.5 Å². The van der Waals surface area contributed by atoms with Crippen LogP contribution in [0.1, 0.15) is 86.0 Å². The molecule has 9 nitrogen and oxygen atoms in total. The summed E-state index contributed by atoms with van der Waals surface area (Å²) < 4.78 is 11.4. The molecular weight excluding hydrogens is 749 g/mol. The second-order valence-corrected chi connectivity index (χ2v) is 16.8. The Morgan fingerprint density at radius 3 is 1.77 bits per heavy atom. The summed E-state index contributed by atoms with van der Waals surface area (Å²) in [6.45, 7) is 8.56. The number of aliphatic hydroxyl groups excluding tert-OH is 1. The van der Waals surface area contributed by atoms with Crippen LogP contribution in [-0.2, 0) is 12.8 Å². The molecule has 0 aliphatic heterocycles. The fourth-order valence-corrected chi connectivity index (χ4v) is 9.46. The van der Waals surface area contributed by atoms with E-state index in [1.807, 2.05) is 76.5 Å². The molecule has 4 aromatic carbocycles. The first-order valence-corrected chi connectivity index (χ1v) is 21.0. The third-order valence-corrected chi connectivity index (χ3v) is 12.2. The van der Waals surface area contributed by atoms with E-state index in [9.17, 15) is 10.5 Å². The molecule has 0 saturated carbocycles. The maximum Gasteiger partial charge on any atom is 0.137 e. The van der Waals surface area contributed by atoms with Crippen LogP contribution in [0, 0.1) is 22.7 Å². The van der Waals surface area contributed by atoms with Gasteiger partial charge in [0.2, 0.25) is 0 Å². The van der Waals surface area contributed by atoms with Crippen molar-refractivity contribution in [1.29, 1.82) is 10.5 Å². The molecule has 0 radical (unpaired) electrons. The lowest BCUT2D eigenvalue weighted by molar-refractivity contribution is 0.241. The zero-order chi connectivity index (χ0) is 40.1. The number of nitrogens with two attached hydrogens (primary N) is 1. The number of aromatic nitrogens is 2. The van der Waals surface area contributed by atoms with Gasteiger partial charge in [0.25, 0.3) is 0 Å². The van der Waals surface area contributed by atoms with Crippen LogP contribution in [0.25, 0.3) is 42.0 Å². The molecule has 0 amide bonds. The van der Waals surface area contributed by atoms with E-state index in [0.717, 1.165) is 56.6 Å². The van der Waals surface area contributed by atoms with Gasteiger partial charge in [0, 0.05) is 42.1 Å².